The van der Waals surface area contributed by atoms with Gasteiger partial charge < -0.3 is 18.7 Å². The molecular formula is C22H29N3O5S. The van der Waals surface area contributed by atoms with Gasteiger partial charge in [0, 0.05) is 25.2 Å². The minimum Gasteiger partial charge on any atom is -0.614 e. The molecule has 0 N–H and O–H groups in total. The number of nitrogens with zero attached hydrogens (tertiary/aromatic N) is 3. The molecule has 1 amide bonds. The number of aromatic nitrogens is 1. The van der Waals surface area contributed by atoms with Crippen LogP contribution in [0.3, 0.4) is 0 Å². The van der Waals surface area contributed by atoms with E-state index in [1.165, 1.54) is 13.8 Å². The predicted molar refractivity (Wildman–Crippen MR) is 115 cm³/mol. The van der Waals surface area contributed by atoms with E-state index in [0.29, 0.717) is 32.8 Å². The lowest BCUT2D eigenvalue weighted by Gasteiger charge is -2.46. The lowest BCUT2D eigenvalue weighted by Crippen LogP contribution is -2.68. The van der Waals surface area contributed by atoms with Crippen molar-refractivity contribution in [2.45, 2.75) is 50.3 Å². The second-order valence-electron chi connectivity index (χ2n) is 8.82. The Morgan fingerprint density at radius 1 is 1.26 bits per heavy atom. The molecule has 0 bridgehead atoms. The van der Waals surface area contributed by atoms with Crippen molar-refractivity contribution in [3.05, 3.63) is 47.3 Å². The lowest BCUT2D eigenvalue weighted by molar-refractivity contribution is -0.137. The molecule has 8 nitrogen and oxygen atoms in total. The monoisotopic (exact) mass is 447 g/mol. The number of carbonyl (C=O) groups is 1. The third kappa shape index (κ3) is 3.79. The van der Waals surface area contributed by atoms with Gasteiger partial charge in [-0.25, -0.2) is 0 Å². The van der Waals surface area contributed by atoms with Crippen LogP contribution in [-0.4, -0.2) is 67.7 Å². The molecule has 0 aliphatic carbocycles. The van der Waals surface area contributed by atoms with Crippen molar-refractivity contribution in [1.29, 1.82) is 0 Å². The van der Waals surface area contributed by atoms with Gasteiger partial charge in [0.1, 0.15) is 18.1 Å². The van der Waals surface area contributed by atoms with Gasteiger partial charge in [-0.2, -0.15) is 0 Å². The van der Waals surface area contributed by atoms with Crippen molar-refractivity contribution in [2.24, 2.45) is 0 Å². The summed E-state index contributed by atoms with van der Waals surface area (Å²) in [7, 11) is -3.64. The molecule has 3 heterocycles. The molecule has 2 aliphatic rings. The number of rotatable bonds is 6. The van der Waals surface area contributed by atoms with Crippen molar-refractivity contribution < 1.29 is 22.8 Å². The first kappa shape index (κ1) is 22.0. The highest BCUT2D eigenvalue weighted by molar-refractivity contribution is 8.00. The van der Waals surface area contributed by atoms with Crippen LogP contribution in [0.5, 0.6) is 5.75 Å². The van der Waals surface area contributed by atoms with Crippen LogP contribution in [-0.2, 0) is 25.8 Å². The van der Waals surface area contributed by atoms with E-state index in [9.17, 15) is 13.6 Å². The van der Waals surface area contributed by atoms with Crippen LogP contribution in [0, 0.1) is 13.8 Å². The molecule has 3 atom stereocenters. The molecule has 31 heavy (non-hydrogen) atoms. The second-order valence-corrected chi connectivity index (χ2v) is 11.5. The number of ether oxygens (including phenoxy) is 1. The van der Waals surface area contributed by atoms with Gasteiger partial charge in [-0.3, -0.25) is 9.69 Å². The summed E-state index contributed by atoms with van der Waals surface area (Å²) in [6, 6.07) is 9.00. The standard InChI is InChI=1S/C22H29N3O5S/c1-15-18(16(2)30-23-15)12-24-13-19-20(14-24)31(27,28)22(3,4)21(26)25(19)10-11-29-17-8-6-5-7-9-17/h5-9,19-20H,10-14H2,1-4H3/t19-,20+/m0/s1. The molecule has 2 aromatic rings. The Kier molecular flexibility index (Phi) is 5.70. The Labute approximate surface area is 183 Å². The fourth-order valence-electron chi connectivity index (χ4n) is 4.56. The molecule has 0 saturated carbocycles. The van der Waals surface area contributed by atoms with E-state index in [2.05, 4.69) is 10.1 Å². The average Bonchev–Trinajstić information content (AvgIpc) is 3.30. The molecule has 1 unspecified atom stereocenters. The summed E-state index contributed by atoms with van der Waals surface area (Å²) in [6.07, 6.45) is 0. The van der Waals surface area contributed by atoms with Gasteiger partial charge in [0.05, 0.1) is 28.5 Å². The number of hydrogen-bond donors (Lipinski definition) is 0. The largest absolute Gasteiger partial charge is 0.614 e. The van der Waals surface area contributed by atoms with Gasteiger partial charge in [-0.15, -0.1) is 4.21 Å². The van der Waals surface area contributed by atoms with Crippen LogP contribution in [0.4, 0.5) is 0 Å². The zero-order chi connectivity index (χ0) is 22.4. The Morgan fingerprint density at radius 2 is 1.97 bits per heavy atom. The van der Waals surface area contributed by atoms with Crippen molar-refractivity contribution >= 4 is 16.1 Å². The molecule has 0 radical (unpaired) electrons. The zero-order valence-corrected chi connectivity index (χ0v) is 19.2. The van der Waals surface area contributed by atoms with Crippen molar-refractivity contribution in [1.82, 2.24) is 15.0 Å². The highest BCUT2D eigenvalue weighted by Crippen LogP contribution is 2.41. The Bertz CT molecular complexity index is 986. The van der Waals surface area contributed by atoms with Crippen LogP contribution in [0.2, 0.25) is 0 Å². The Balaban J connectivity index is 1.54. The first-order valence-electron chi connectivity index (χ1n) is 10.5. The first-order chi connectivity index (χ1) is 14.6. The fraction of sp³-hybridized carbons (Fsp3) is 0.545. The normalized spacial score (nSPS) is 28.0. The third-order valence-electron chi connectivity index (χ3n) is 6.51. The zero-order valence-electron chi connectivity index (χ0n) is 18.4. The minimum absolute atomic E-state index is 0.305. The highest BCUT2D eigenvalue weighted by Gasteiger charge is 2.63. The summed E-state index contributed by atoms with van der Waals surface area (Å²) in [5.74, 6) is 1.10. The molecule has 2 saturated heterocycles. The number of hydrogen-bond acceptors (Lipinski definition) is 7. The van der Waals surface area contributed by atoms with Crippen molar-refractivity contribution in [2.75, 3.05) is 26.2 Å². The predicted octanol–water partition coefficient (Wildman–Crippen LogP) is 2.17. The number of carbonyl (C=O) groups excluding carboxylic acids is 1. The van der Waals surface area contributed by atoms with Gasteiger partial charge in [0.2, 0.25) is 4.75 Å². The van der Waals surface area contributed by atoms with Gasteiger partial charge in [0.25, 0.3) is 5.91 Å². The maximum absolute atomic E-state index is 13.3. The maximum Gasteiger partial charge on any atom is 0.278 e. The quantitative estimate of drug-likeness (QED) is 0.626. The number of likely N-dealkylation sites (tertiary alicyclic amines) is 1. The number of fused-ring (bicyclic) bond motifs is 1. The average molecular weight is 448 g/mol. The summed E-state index contributed by atoms with van der Waals surface area (Å²) in [6.45, 7) is 8.83. The number of aryl methyl sites for hydroxylation is 2. The summed E-state index contributed by atoms with van der Waals surface area (Å²) in [4.78, 5) is 17.0. The summed E-state index contributed by atoms with van der Waals surface area (Å²) >= 11 is 0. The molecule has 168 valence electrons. The second kappa shape index (κ2) is 8.03. The van der Waals surface area contributed by atoms with E-state index in [1.807, 2.05) is 44.2 Å². The summed E-state index contributed by atoms with van der Waals surface area (Å²) < 4.78 is 36.2. The number of para-hydroxylation sites is 1. The molecule has 1 aromatic heterocycles. The SMILES string of the molecule is Cc1noc(C)c1CN1C[C@@H]2[C@H](C1)N(CCOc1ccccc1)C(=O)C(C)(C)[S+]2(=O)[O-]. The molecule has 9 heteroatoms. The molecule has 2 aliphatic heterocycles. The van der Waals surface area contributed by atoms with Crippen LogP contribution >= 0.6 is 0 Å². The molecular weight excluding hydrogens is 418 g/mol. The van der Waals surface area contributed by atoms with Crippen LogP contribution in [0.15, 0.2) is 34.9 Å². The van der Waals surface area contributed by atoms with Crippen molar-refractivity contribution in [3.63, 3.8) is 0 Å². The van der Waals surface area contributed by atoms with Crippen LogP contribution in [0.25, 0.3) is 0 Å². The maximum atomic E-state index is 13.3. The van der Waals surface area contributed by atoms with E-state index >= 15 is 0 Å². The highest BCUT2D eigenvalue weighted by atomic mass is 32.3. The van der Waals surface area contributed by atoms with Gasteiger partial charge in [-0.05, 0) is 39.8 Å². The van der Waals surface area contributed by atoms with E-state index in [-0.39, 0.29) is 5.91 Å². The molecule has 1 aromatic carbocycles. The number of benzene rings is 1. The van der Waals surface area contributed by atoms with E-state index in [0.717, 1.165) is 22.8 Å². The molecule has 0 spiro atoms. The number of sulfone groups is 1. The van der Waals surface area contributed by atoms with Gasteiger partial charge in [-0.1, -0.05) is 23.4 Å². The van der Waals surface area contributed by atoms with E-state index in [1.54, 1.807) is 4.90 Å². The Morgan fingerprint density at radius 3 is 2.61 bits per heavy atom. The smallest absolute Gasteiger partial charge is 0.278 e. The van der Waals surface area contributed by atoms with Crippen molar-refractivity contribution in [3.8, 4) is 5.75 Å². The number of amides is 1. The Hall–Kier alpha value is -2.23. The van der Waals surface area contributed by atoms with E-state index in [4.69, 9.17) is 9.26 Å². The van der Waals surface area contributed by atoms with Crippen LogP contribution < -0.4 is 4.74 Å². The summed E-state index contributed by atoms with van der Waals surface area (Å²) in [5, 5.41) is 3.37. The topological polar surface area (TPSA) is 98.9 Å². The van der Waals surface area contributed by atoms with Gasteiger partial charge >= 0.3 is 0 Å². The lowest BCUT2D eigenvalue weighted by atomic mass is 10.1. The van der Waals surface area contributed by atoms with E-state index < -0.39 is 26.3 Å². The molecule has 2 fully saturated rings. The minimum atomic E-state index is -3.64. The first-order valence-corrected chi connectivity index (χ1v) is 12.0. The third-order valence-corrected chi connectivity index (χ3v) is 9.36. The van der Waals surface area contributed by atoms with Crippen LogP contribution in [0.1, 0.15) is 30.9 Å². The van der Waals surface area contributed by atoms with Gasteiger partial charge in [0.15, 0.2) is 5.25 Å². The summed E-state index contributed by atoms with van der Waals surface area (Å²) in [5.41, 5.74) is 1.78. The fourth-order valence-corrected chi connectivity index (χ4v) is 6.73. The molecule has 4 rings (SSSR count).